The molecule has 144 valence electrons. The molecule has 1 aromatic heterocycles. The molecule has 0 fully saturated rings. The van der Waals surface area contributed by atoms with Crippen LogP contribution < -0.4 is 10.1 Å². The number of aryl methyl sites for hydroxylation is 1. The number of ether oxygens (including phenoxy) is 1. The molecule has 0 saturated carbocycles. The van der Waals surface area contributed by atoms with Gasteiger partial charge >= 0.3 is 0 Å². The lowest BCUT2D eigenvalue weighted by Crippen LogP contribution is -2.29. The Kier molecular flexibility index (Phi) is 5.69. The smallest absolute Gasteiger partial charge is 0.264 e. The van der Waals surface area contributed by atoms with Gasteiger partial charge in [0.15, 0.2) is 11.7 Å². The highest BCUT2D eigenvalue weighted by Gasteiger charge is 2.21. The highest BCUT2D eigenvalue weighted by molar-refractivity contribution is 7.15. The van der Waals surface area contributed by atoms with Crippen LogP contribution in [0.5, 0.6) is 5.75 Å². The van der Waals surface area contributed by atoms with E-state index in [4.69, 9.17) is 4.74 Å². The quantitative estimate of drug-likeness (QED) is 0.687. The van der Waals surface area contributed by atoms with Gasteiger partial charge in [-0.25, -0.2) is 4.98 Å². The van der Waals surface area contributed by atoms with E-state index in [-0.39, 0.29) is 12.5 Å². The molecule has 5 nitrogen and oxygen atoms in total. The Balaban J connectivity index is 1.32. The summed E-state index contributed by atoms with van der Waals surface area (Å²) >= 11 is 1.56. The molecule has 0 unspecified atom stereocenters. The van der Waals surface area contributed by atoms with Gasteiger partial charge in [-0.1, -0.05) is 48.5 Å². The first-order valence-corrected chi connectivity index (χ1v) is 10.2. The van der Waals surface area contributed by atoms with E-state index < -0.39 is 0 Å². The molecule has 28 heavy (non-hydrogen) atoms. The minimum atomic E-state index is -0.185. The Morgan fingerprint density at radius 3 is 2.79 bits per heavy atom. The van der Waals surface area contributed by atoms with Crippen LogP contribution in [0.4, 0.5) is 5.13 Å². The number of carbonyl (C=O) groups is 1. The van der Waals surface area contributed by atoms with Gasteiger partial charge in [-0.3, -0.25) is 15.0 Å². The lowest BCUT2D eigenvalue weighted by atomic mass is 10.1. The zero-order chi connectivity index (χ0) is 19.3. The van der Waals surface area contributed by atoms with Crippen LogP contribution in [0.15, 0.2) is 54.6 Å². The number of hydrogen-bond acceptors (Lipinski definition) is 5. The van der Waals surface area contributed by atoms with Crippen LogP contribution in [0, 0.1) is 6.92 Å². The maximum Gasteiger partial charge on any atom is 0.264 e. The Morgan fingerprint density at radius 1 is 1.18 bits per heavy atom. The molecule has 0 spiro atoms. The van der Waals surface area contributed by atoms with E-state index in [0.717, 1.165) is 43.1 Å². The second-order valence-corrected chi connectivity index (χ2v) is 8.02. The number of fused-ring (bicyclic) bond motifs is 1. The fraction of sp³-hybridized carbons (Fsp3) is 0.273. The molecule has 6 heteroatoms. The van der Waals surface area contributed by atoms with Crippen molar-refractivity contribution in [1.82, 2.24) is 9.88 Å². The monoisotopic (exact) mass is 393 g/mol. The lowest BCUT2D eigenvalue weighted by molar-refractivity contribution is -0.118. The Labute approximate surface area is 169 Å². The molecular formula is C22H23N3O2S. The van der Waals surface area contributed by atoms with Crippen molar-refractivity contribution in [3.05, 3.63) is 76.3 Å². The number of thiazole rings is 1. The van der Waals surface area contributed by atoms with E-state index in [9.17, 15) is 4.79 Å². The van der Waals surface area contributed by atoms with Crippen LogP contribution in [0.3, 0.4) is 0 Å². The average molecular weight is 394 g/mol. The molecule has 0 atom stereocenters. The molecular weight excluding hydrogens is 370 g/mol. The molecule has 0 bridgehead atoms. The fourth-order valence-electron chi connectivity index (χ4n) is 3.30. The highest BCUT2D eigenvalue weighted by Crippen LogP contribution is 2.29. The van der Waals surface area contributed by atoms with Crippen LogP contribution in [-0.2, 0) is 24.3 Å². The number of rotatable bonds is 6. The van der Waals surface area contributed by atoms with Crippen molar-refractivity contribution in [2.24, 2.45) is 0 Å². The van der Waals surface area contributed by atoms with Crippen LogP contribution in [0.1, 0.15) is 21.7 Å². The molecule has 2 aromatic carbocycles. The predicted molar refractivity (Wildman–Crippen MR) is 112 cm³/mol. The van der Waals surface area contributed by atoms with Crippen molar-refractivity contribution in [1.29, 1.82) is 0 Å². The molecule has 1 aliphatic rings. The molecule has 1 aliphatic heterocycles. The lowest BCUT2D eigenvalue weighted by Gasteiger charge is -2.25. The number of benzene rings is 2. The topological polar surface area (TPSA) is 54.5 Å². The standard InChI is InChI=1S/C22H23N3O2S/c1-16-7-5-6-10-19(16)27-15-21(26)24-22-23-18-11-12-25(14-20(18)28-22)13-17-8-3-2-4-9-17/h2-10H,11-15H2,1H3,(H,23,24,26). The summed E-state index contributed by atoms with van der Waals surface area (Å²) in [5.41, 5.74) is 3.43. The molecule has 2 heterocycles. The van der Waals surface area contributed by atoms with E-state index in [2.05, 4.69) is 39.5 Å². The summed E-state index contributed by atoms with van der Waals surface area (Å²) in [6.45, 7) is 4.73. The number of hydrogen-bond donors (Lipinski definition) is 1. The molecule has 0 saturated heterocycles. The third-order valence-electron chi connectivity index (χ3n) is 4.76. The van der Waals surface area contributed by atoms with E-state index in [1.165, 1.54) is 10.4 Å². The summed E-state index contributed by atoms with van der Waals surface area (Å²) in [7, 11) is 0. The minimum Gasteiger partial charge on any atom is -0.483 e. The number of para-hydroxylation sites is 1. The van der Waals surface area contributed by atoms with Gasteiger partial charge in [-0.2, -0.15) is 0 Å². The molecule has 1 N–H and O–H groups in total. The summed E-state index contributed by atoms with van der Waals surface area (Å²) in [6.07, 6.45) is 0.911. The van der Waals surface area contributed by atoms with E-state index in [1.54, 1.807) is 11.3 Å². The van der Waals surface area contributed by atoms with Crippen LogP contribution in [0.25, 0.3) is 0 Å². The van der Waals surface area contributed by atoms with Gasteiger partial charge in [0.05, 0.1) is 5.69 Å². The summed E-state index contributed by atoms with van der Waals surface area (Å²) in [6, 6.07) is 18.2. The zero-order valence-corrected chi connectivity index (χ0v) is 16.7. The third-order valence-corrected chi connectivity index (χ3v) is 5.76. The van der Waals surface area contributed by atoms with E-state index in [1.807, 2.05) is 37.3 Å². The Morgan fingerprint density at radius 2 is 1.96 bits per heavy atom. The van der Waals surface area contributed by atoms with Crippen LogP contribution in [-0.4, -0.2) is 28.9 Å². The van der Waals surface area contributed by atoms with E-state index >= 15 is 0 Å². The highest BCUT2D eigenvalue weighted by atomic mass is 32.1. The van der Waals surface area contributed by atoms with Crippen molar-refractivity contribution in [3.63, 3.8) is 0 Å². The first-order valence-electron chi connectivity index (χ1n) is 9.40. The molecule has 0 radical (unpaired) electrons. The Hall–Kier alpha value is -2.70. The molecule has 1 amide bonds. The van der Waals surface area contributed by atoms with E-state index in [0.29, 0.717) is 5.13 Å². The van der Waals surface area contributed by atoms with Crippen molar-refractivity contribution in [2.75, 3.05) is 18.5 Å². The molecule has 3 aromatic rings. The molecule has 0 aliphatic carbocycles. The Bertz CT molecular complexity index is 955. The van der Waals surface area contributed by atoms with Gasteiger partial charge in [0, 0.05) is 30.9 Å². The zero-order valence-electron chi connectivity index (χ0n) is 15.9. The summed E-state index contributed by atoms with van der Waals surface area (Å²) in [4.78, 5) is 20.5. The number of nitrogens with zero attached hydrogens (tertiary/aromatic N) is 2. The van der Waals surface area contributed by atoms with Crippen molar-refractivity contribution in [2.45, 2.75) is 26.4 Å². The summed E-state index contributed by atoms with van der Waals surface area (Å²) in [5, 5.41) is 3.54. The van der Waals surface area contributed by atoms with Crippen molar-refractivity contribution >= 4 is 22.4 Å². The maximum atomic E-state index is 12.2. The van der Waals surface area contributed by atoms with Gasteiger partial charge in [0.2, 0.25) is 0 Å². The van der Waals surface area contributed by atoms with Gasteiger partial charge in [-0.15, -0.1) is 11.3 Å². The van der Waals surface area contributed by atoms with Gasteiger partial charge in [-0.05, 0) is 24.1 Å². The summed E-state index contributed by atoms with van der Waals surface area (Å²) in [5.74, 6) is 0.545. The van der Waals surface area contributed by atoms with Gasteiger partial charge in [0.1, 0.15) is 5.75 Å². The first kappa shape index (κ1) is 18.7. The second-order valence-electron chi connectivity index (χ2n) is 6.94. The maximum absolute atomic E-state index is 12.2. The number of carbonyl (C=O) groups excluding carboxylic acids is 1. The fourth-order valence-corrected chi connectivity index (χ4v) is 4.36. The second kappa shape index (κ2) is 8.54. The largest absolute Gasteiger partial charge is 0.483 e. The van der Waals surface area contributed by atoms with Crippen LogP contribution >= 0.6 is 11.3 Å². The minimum absolute atomic E-state index is 0.0186. The number of nitrogens with one attached hydrogen (secondary N) is 1. The van der Waals surface area contributed by atoms with Gasteiger partial charge in [0.25, 0.3) is 5.91 Å². The first-order chi connectivity index (χ1) is 13.7. The number of amides is 1. The third kappa shape index (κ3) is 4.58. The average Bonchev–Trinajstić information content (AvgIpc) is 3.09. The van der Waals surface area contributed by atoms with Crippen molar-refractivity contribution in [3.8, 4) is 5.75 Å². The van der Waals surface area contributed by atoms with Crippen LogP contribution in [0.2, 0.25) is 0 Å². The number of aromatic nitrogens is 1. The van der Waals surface area contributed by atoms with Gasteiger partial charge < -0.3 is 4.74 Å². The SMILES string of the molecule is Cc1ccccc1OCC(=O)Nc1nc2c(s1)CN(Cc1ccccc1)CC2. The summed E-state index contributed by atoms with van der Waals surface area (Å²) < 4.78 is 5.61. The number of anilines is 1. The molecule has 4 rings (SSSR count). The van der Waals surface area contributed by atoms with Crippen molar-refractivity contribution < 1.29 is 9.53 Å². The normalized spacial score (nSPS) is 13.8. The predicted octanol–water partition coefficient (Wildman–Crippen LogP) is 4.03.